The van der Waals surface area contributed by atoms with E-state index in [0.717, 1.165) is 12.1 Å². The predicted molar refractivity (Wildman–Crippen MR) is 105 cm³/mol. The number of hydrogen-bond acceptors (Lipinski definition) is 8. The number of rotatable bonds is 5. The normalized spacial score (nSPS) is 12.5. The Labute approximate surface area is 166 Å². The Morgan fingerprint density at radius 3 is 2.10 bits per heavy atom. The van der Waals surface area contributed by atoms with Gasteiger partial charge in [0.1, 0.15) is 15.5 Å². The van der Waals surface area contributed by atoms with E-state index in [9.17, 15) is 25.9 Å². The molecule has 10 nitrogen and oxygen atoms in total. The van der Waals surface area contributed by atoms with Crippen molar-refractivity contribution in [1.29, 1.82) is 0 Å². The minimum absolute atomic E-state index is 0.0722. The number of hydrogen-bond donors (Lipinski definition) is 3. The van der Waals surface area contributed by atoms with E-state index in [-0.39, 0.29) is 16.5 Å². The fourth-order valence-electron chi connectivity index (χ4n) is 2.68. The Balaban J connectivity index is 2.23. The minimum Gasteiger partial charge on any atom is -0.495 e. The lowest BCUT2D eigenvalue weighted by molar-refractivity contribution is 0.417. The molecular weight excluding hydrogens is 422 g/mol. The van der Waals surface area contributed by atoms with Crippen molar-refractivity contribution >= 4 is 48.1 Å². The molecule has 0 amide bonds. The van der Waals surface area contributed by atoms with Crippen LogP contribution in [0, 0.1) is 0 Å². The summed E-state index contributed by atoms with van der Waals surface area (Å²) in [6.07, 6.45) is 0. The third kappa shape index (κ3) is 4.35. The Kier molecular flexibility index (Phi) is 5.28. The number of anilines is 1. The third-order valence-corrected chi connectivity index (χ3v) is 5.76. The van der Waals surface area contributed by atoms with Crippen LogP contribution in [0.2, 0.25) is 0 Å². The lowest BCUT2D eigenvalue weighted by Crippen LogP contribution is -2.03. The van der Waals surface area contributed by atoms with Gasteiger partial charge in [-0.25, -0.2) is 0 Å². The number of ether oxygens (including phenoxy) is 1. The molecule has 0 saturated carbocycles. The number of methoxy groups -OCH3 is 1. The predicted octanol–water partition coefficient (Wildman–Crippen LogP) is 3.34. The van der Waals surface area contributed by atoms with Crippen LogP contribution in [0.5, 0.6) is 5.75 Å². The highest BCUT2D eigenvalue weighted by molar-refractivity contribution is 7.86. The van der Waals surface area contributed by atoms with Crippen molar-refractivity contribution in [3.63, 3.8) is 0 Å². The molecule has 152 valence electrons. The summed E-state index contributed by atoms with van der Waals surface area (Å²) in [6.45, 7) is 0. The summed E-state index contributed by atoms with van der Waals surface area (Å²) in [4.78, 5) is -1.12. The van der Waals surface area contributed by atoms with Crippen molar-refractivity contribution in [3.05, 3.63) is 48.5 Å². The molecule has 3 aromatic carbocycles. The summed E-state index contributed by atoms with van der Waals surface area (Å²) in [7, 11) is -7.97. The summed E-state index contributed by atoms with van der Waals surface area (Å²) in [5.41, 5.74) is 6.35. The van der Waals surface area contributed by atoms with Gasteiger partial charge in [0.2, 0.25) is 0 Å². The molecule has 0 aliphatic carbocycles. The Hall–Kier alpha value is -3.06. The second-order valence-corrected chi connectivity index (χ2v) is 8.65. The van der Waals surface area contributed by atoms with Gasteiger partial charge in [-0.2, -0.15) is 27.1 Å². The number of benzene rings is 3. The van der Waals surface area contributed by atoms with Gasteiger partial charge in [-0.1, -0.05) is 12.1 Å². The van der Waals surface area contributed by atoms with Gasteiger partial charge in [-0.15, -0.1) is 0 Å². The summed E-state index contributed by atoms with van der Waals surface area (Å²) < 4.78 is 71.0. The first-order chi connectivity index (χ1) is 13.5. The van der Waals surface area contributed by atoms with Crippen LogP contribution in [0.1, 0.15) is 0 Å². The second-order valence-electron chi connectivity index (χ2n) is 5.87. The molecule has 0 atom stereocenters. The van der Waals surface area contributed by atoms with Crippen LogP contribution in [-0.4, -0.2) is 33.1 Å². The van der Waals surface area contributed by atoms with Crippen molar-refractivity contribution in [3.8, 4) is 5.75 Å². The number of azo groups is 1. The molecule has 0 spiro atoms. The van der Waals surface area contributed by atoms with E-state index in [1.807, 2.05) is 0 Å². The SMILES string of the molecule is COc1cc(/N=N/c2cc(S(=O)(=O)O)c3cccc(S(=O)(=O)O)c3c2)ccc1N. The van der Waals surface area contributed by atoms with Gasteiger partial charge >= 0.3 is 0 Å². The standard InChI is InChI=1S/C17H15N3O7S2/c1-27-15-8-10(5-6-14(15)18)19-20-11-7-13-12(17(9-11)29(24,25)26)3-2-4-16(13)28(21,22)23/h2-9H,18H2,1H3,(H,21,22,23)(H,24,25,26)/b20-19+. The fraction of sp³-hybridized carbons (Fsp3) is 0.0588. The van der Waals surface area contributed by atoms with Gasteiger partial charge in [0.25, 0.3) is 20.2 Å². The molecule has 4 N–H and O–H groups in total. The molecule has 3 aromatic rings. The van der Waals surface area contributed by atoms with E-state index in [1.165, 1.54) is 43.5 Å². The monoisotopic (exact) mass is 437 g/mol. The van der Waals surface area contributed by atoms with Gasteiger partial charge in [0.15, 0.2) is 0 Å². The Bertz CT molecular complexity index is 1350. The maximum absolute atomic E-state index is 11.8. The van der Waals surface area contributed by atoms with Crippen molar-refractivity contribution in [2.24, 2.45) is 10.2 Å². The molecular formula is C17H15N3O7S2. The molecule has 0 heterocycles. The fourth-order valence-corrected chi connectivity index (χ4v) is 4.11. The summed E-state index contributed by atoms with van der Waals surface area (Å²) >= 11 is 0. The zero-order chi connectivity index (χ0) is 21.4. The quantitative estimate of drug-likeness (QED) is 0.310. The highest BCUT2D eigenvalue weighted by Gasteiger charge is 2.21. The van der Waals surface area contributed by atoms with Crippen LogP contribution in [0.4, 0.5) is 17.1 Å². The zero-order valence-electron chi connectivity index (χ0n) is 14.8. The molecule has 0 unspecified atom stereocenters. The molecule has 0 saturated heterocycles. The van der Waals surface area contributed by atoms with Crippen LogP contribution < -0.4 is 10.5 Å². The first-order valence-corrected chi connectivity index (χ1v) is 10.8. The second kappa shape index (κ2) is 7.40. The highest BCUT2D eigenvalue weighted by atomic mass is 32.2. The number of nitrogen functional groups attached to an aromatic ring is 1. The lowest BCUT2D eigenvalue weighted by atomic mass is 10.1. The summed E-state index contributed by atoms with van der Waals surface area (Å²) in [5, 5.41) is 7.61. The first-order valence-electron chi connectivity index (χ1n) is 7.88. The van der Waals surface area contributed by atoms with Crippen LogP contribution in [0.15, 0.2) is 68.6 Å². The Morgan fingerprint density at radius 1 is 0.828 bits per heavy atom. The van der Waals surface area contributed by atoms with Crippen molar-refractivity contribution in [1.82, 2.24) is 0 Å². The van der Waals surface area contributed by atoms with Crippen LogP contribution >= 0.6 is 0 Å². The largest absolute Gasteiger partial charge is 0.495 e. The van der Waals surface area contributed by atoms with Gasteiger partial charge in [0, 0.05) is 16.8 Å². The Morgan fingerprint density at radius 2 is 1.48 bits per heavy atom. The molecule has 12 heteroatoms. The van der Waals surface area contributed by atoms with E-state index in [1.54, 1.807) is 0 Å². The van der Waals surface area contributed by atoms with E-state index in [0.29, 0.717) is 17.1 Å². The molecule has 0 bridgehead atoms. The molecule has 0 aliphatic heterocycles. The maximum atomic E-state index is 11.8. The molecule has 3 rings (SSSR count). The summed E-state index contributed by atoms with van der Waals surface area (Å²) in [5.74, 6) is 0.354. The minimum atomic E-state index is -4.73. The molecule has 0 aromatic heterocycles. The summed E-state index contributed by atoms with van der Waals surface area (Å²) in [6, 6.07) is 10.4. The molecule has 0 aliphatic rings. The van der Waals surface area contributed by atoms with E-state index in [2.05, 4.69) is 10.2 Å². The van der Waals surface area contributed by atoms with Crippen molar-refractivity contribution in [2.75, 3.05) is 12.8 Å². The van der Waals surface area contributed by atoms with E-state index < -0.39 is 30.0 Å². The van der Waals surface area contributed by atoms with Crippen molar-refractivity contribution in [2.45, 2.75) is 9.79 Å². The number of nitrogens with zero attached hydrogens (tertiary/aromatic N) is 2. The topological polar surface area (TPSA) is 169 Å². The smallest absolute Gasteiger partial charge is 0.295 e. The third-order valence-electron chi connectivity index (χ3n) is 3.96. The van der Waals surface area contributed by atoms with Gasteiger partial charge < -0.3 is 10.5 Å². The van der Waals surface area contributed by atoms with Crippen LogP contribution in [0.25, 0.3) is 10.8 Å². The maximum Gasteiger partial charge on any atom is 0.295 e. The average molecular weight is 437 g/mol. The average Bonchev–Trinajstić information content (AvgIpc) is 2.64. The van der Waals surface area contributed by atoms with Crippen LogP contribution in [0.3, 0.4) is 0 Å². The molecule has 0 fully saturated rings. The van der Waals surface area contributed by atoms with Gasteiger partial charge in [0.05, 0.1) is 24.2 Å². The highest BCUT2D eigenvalue weighted by Crippen LogP contribution is 2.34. The van der Waals surface area contributed by atoms with Crippen LogP contribution in [-0.2, 0) is 20.2 Å². The number of nitrogens with two attached hydrogens (primary N) is 1. The van der Waals surface area contributed by atoms with Gasteiger partial charge in [-0.05, 0) is 30.3 Å². The van der Waals surface area contributed by atoms with E-state index in [4.69, 9.17) is 10.5 Å². The first kappa shape index (κ1) is 20.7. The van der Waals surface area contributed by atoms with E-state index >= 15 is 0 Å². The molecule has 0 radical (unpaired) electrons. The molecule has 29 heavy (non-hydrogen) atoms. The lowest BCUT2D eigenvalue weighted by Gasteiger charge is -2.09. The van der Waals surface area contributed by atoms with Crippen molar-refractivity contribution < 1.29 is 30.7 Å². The van der Waals surface area contributed by atoms with Gasteiger partial charge in [-0.3, -0.25) is 9.11 Å². The number of fused-ring (bicyclic) bond motifs is 1. The zero-order valence-corrected chi connectivity index (χ0v) is 16.5.